The van der Waals surface area contributed by atoms with E-state index in [-0.39, 0.29) is 17.8 Å². The van der Waals surface area contributed by atoms with Gasteiger partial charge in [-0.05, 0) is 18.9 Å². The van der Waals surface area contributed by atoms with Crippen molar-refractivity contribution in [2.45, 2.75) is 32.2 Å². The second-order valence-corrected chi connectivity index (χ2v) is 4.19. The molecule has 18 heavy (non-hydrogen) atoms. The molecule has 0 bridgehead atoms. The average molecular weight is 249 g/mol. The lowest BCUT2D eigenvalue weighted by Gasteiger charge is -2.18. The van der Waals surface area contributed by atoms with Crippen molar-refractivity contribution in [3.05, 3.63) is 35.9 Å². The number of carbonyl (C=O) groups excluding carboxylic acids is 1. The van der Waals surface area contributed by atoms with Crippen LogP contribution in [0, 0.1) is 0 Å². The van der Waals surface area contributed by atoms with Crippen LogP contribution in [0.2, 0.25) is 0 Å². The van der Waals surface area contributed by atoms with E-state index in [1.165, 1.54) is 0 Å². The maximum Gasteiger partial charge on any atom is 0.235 e. The number of hydrogen-bond acceptors (Lipinski definition) is 3. The average Bonchev–Trinajstić information content (AvgIpc) is 2.39. The van der Waals surface area contributed by atoms with Crippen molar-refractivity contribution in [2.24, 2.45) is 10.9 Å². The van der Waals surface area contributed by atoms with E-state index in [9.17, 15) is 4.79 Å². The third-order valence-electron chi connectivity index (χ3n) is 2.81. The van der Waals surface area contributed by atoms with Gasteiger partial charge in [-0.1, -0.05) is 42.4 Å². The molecule has 2 atom stereocenters. The summed E-state index contributed by atoms with van der Waals surface area (Å²) >= 11 is 0. The lowest BCUT2D eigenvalue weighted by Crippen LogP contribution is -2.41. The molecule has 0 saturated heterocycles. The lowest BCUT2D eigenvalue weighted by atomic mass is 9.96. The van der Waals surface area contributed by atoms with Crippen LogP contribution in [0.3, 0.4) is 0 Å². The highest BCUT2D eigenvalue weighted by molar-refractivity contribution is 6.07. The van der Waals surface area contributed by atoms with Gasteiger partial charge < -0.3 is 16.3 Å². The smallest absolute Gasteiger partial charge is 0.235 e. The number of rotatable bonds is 5. The number of nitrogens with zero attached hydrogens (tertiary/aromatic N) is 1. The van der Waals surface area contributed by atoms with Crippen molar-refractivity contribution in [3.8, 4) is 0 Å². The molecule has 4 N–H and O–H groups in total. The molecule has 0 radical (unpaired) electrons. The summed E-state index contributed by atoms with van der Waals surface area (Å²) in [4.78, 5) is 12.1. The summed E-state index contributed by atoms with van der Waals surface area (Å²) in [6.45, 7) is 3.89. The minimum Gasteiger partial charge on any atom is -0.409 e. The monoisotopic (exact) mass is 249 g/mol. The fourth-order valence-electron chi connectivity index (χ4n) is 1.59. The molecule has 1 aromatic carbocycles. The molecule has 0 aliphatic heterocycles. The number of amidine groups is 1. The predicted molar refractivity (Wildman–Crippen MR) is 70.5 cm³/mol. The molecule has 0 spiro atoms. The van der Waals surface area contributed by atoms with Crippen molar-refractivity contribution in [3.63, 3.8) is 0 Å². The zero-order chi connectivity index (χ0) is 13.5. The Labute approximate surface area is 107 Å². The van der Waals surface area contributed by atoms with Crippen molar-refractivity contribution < 1.29 is 10.0 Å². The minimum absolute atomic E-state index is 0.0511. The number of nitrogens with two attached hydrogens (primary N) is 1. The van der Waals surface area contributed by atoms with E-state index >= 15 is 0 Å². The maximum atomic E-state index is 12.1. The molecule has 5 nitrogen and oxygen atoms in total. The van der Waals surface area contributed by atoms with Crippen molar-refractivity contribution in [2.75, 3.05) is 0 Å². The van der Waals surface area contributed by atoms with Crippen LogP contribution in [-0.4, -0.2) is 23.0 Å². The number of benzene rings is 1. The van der Waals surface area contributed by atoms with Crippen molar-refractivity contribution >= 4 is 11.7 Å². The number of amides is 1. The molecule has 1 aromatic rings. The Morgan fingerprint density at radius 1 is 1.44 bits per heavy atom. The van der Waals surface area contributed by atoms with E-state index in [0.29, 0.717) is 5.56 Å². The molecule has 2 unspecified atom stereocenters. The van der Waals surface area contributed by atoms with E-state index in [2.05, 4.69) is 10.5 Å². The first kappa shape index (κ1) is 14.0. The summed E-state index contributed by atoms with van der Waals surface area (Å²) in [6.07, 6.45) is 0.823. The summed E-state index contributed by atoms with van der Waals surface area (Å²) in [6, 6.07) is 9.07. The zero-order valence-electron chi connectivity index (χ0n) is 10.6. The molecule has 0 aromatic heterocycles. The number of nitrogens with one attached hydrogen (secondary N) is 1. The fourth-order valence-corrected chi connectivity index (χ4v) is 1.59. The summed E-state index contributed by atoms with van der Waals surface area (Å²) < 4.78 is 0. The summed E-state index contributed by atoms with van der Waals surface area (Å²) in [7, 11) is 0. The molecule has 5 heteroatoms. The summed E-state index contributed by atoms with van der Waals surface area (Å²) in [5, 5.41) is 14.6. The molecule has 1 rings (SSSR count). The van der Waals surface area contributed by atoms with Crippen LogP contribution >= 0.6 is 0 Å². The van der Waals surface area contributed by atoms with Crippen LogP contribution < -0.4 is 11.1 Å². The van der Waals surface area contributed by atoms with Gasteiger partial charge in [0.2, 0.25) is 5.91 Å². The fraction of sp³-hybridized carbons (Fsp3) is 0.385. The Hall–Kier alpha value is -2.04. The number of carbonyl (C=O) groups is 1. The van der Waals surface area contributed by atoms with Crippen LogP contribution in [-0.2, 0) is 4.79 Å². The molecule has 98 valence electrons. The third-order valence-corrected chi connectivity index (χ3v) is 2.81. The van der Waals surface area contributed by atoms with Crippen LogP contribution in [0.15, 0.2) is 35.5 Å². The quantitative estimate of drug-likeness (QED) is 0.319. The molecular weight excluding hydrogens is 230 g/mol. The highest BCUT2D eigenvalue weighted by Gasteiger charge is 2.25. The first-order chi connectivity index (χ1) is 8.60. The van der Waals surface area contributed by atoms with Gasteiger partial charge in [0, 0.05) is 6.04 Å². The summed E-state index contributed by atoms with van der Waals surface area (Å²) in [5.74, 6) is -1.13. The molecule has 0 fully saturated rings. The molecule has 1 amide bonds. The van der Waals surface area contributed by atoms with Gasteiger partial charge in [0.15, 0.2) is 5.84 Å². The van der Waals surface area contributed by atoms with Crippen LogP contribution in [0.5, 0.6) is 0 Å². The number of oxime groups is 1. The minimum atomic E-state index is -0.759. The second kappa shape index (κ2) is 6.64. The summed E-state index contributed by atoms with van der Waals surface area (Å²) in [5.41, 5.74) is 6.31. The Morgan fingerprint density at radius 3 is 2.56 bits per heavy atom. The van der Waals surface area contributed by atoms with E-state index in [4.69, 9.17) is 10.9 Å². The van der Waals surface area contributed by atoms with Gasteiger partial charge >= 0.3 is 0 Å². The molecule has 0 saturated carbocycles. The molecular formula is C13H19N3O2. The van der Waals surface area contributed by atoms with Crippen molar-refractivity contribution in [1.29, 1.82) is 0 Å². The van der Waals surface area contributed by atoms with Crippen LogP contribution in [0.25, 0.3) is 0 Å². The Bertz CT molecular complexity index is 418. The van der Waals surface area contributed by atoms with Crippen LogP contribution in [0.1, 0.15) is 31.7 Å². The Balaban J connectivity index is 2.97. The van der Waals surface area contributed by atoms with Gasteiger partial charge in [-0.25, -0.2) is 0 Å². The Morgan fingerprint density at radius 2 is 2.06 bits per heavy atom. The highest BCUT2D eigenvalue weighted by Crippen LogP contribution is 2.16. The number of hydrogen-bond donors (Lipinski definition) is 3. The van der Waals surface area contributed by atoms with E-state index in [1.54, 1.807) is 12.1 Å². The molecule has 0 heterocycles. The zero-order valence-corrected chi connectivity index (χ0v) is 10.6. The highest BCUT2D eigenvalue weighted by atomic mass is 16.4. The third kappa shape index (κ3) is 3.48. The van der Waals surface area contributed by atoms with Crippen LogP contribution in [0.4, 0.5) is 0 Å². The Kier molecular flexibility index (Phi) is 5.17. The van der Waals surface area contributed by atoms with Gasteiger partial charge in [-0.3, -0.25) is 4.79 Å². The maximum absolute atomic E-state index is 12.1. The van der Waals surface area contributed by atoms with Crippen molar-refractivity contribution in [1.82, 2.24) is 5.32 Å². The molecule has 0 aliphatic rings. The van der Waals surface area contributed by atoms with E-state index in [0.717, 1.165) is 6.42 Å². The normalized spacial score (nSPS) is 14.9. The van der Waals surface area contributed by atoms with Gasteiger partial charge in [0.1, 0.15) is 5.92 Å². The van der Waals surface area contributed by atoms with Gasteiger partial charge in [-0.2, -0.15) is 0 Å². The SMILES string of the molecule is CCC(C)NC(=O)C(C(N)=NO)c1ccccc1. The van der Waals surface area contributed by atoms with Gasteiger partial charge in [0.05, 0.1) is 0 Å². The first-order valence-electron chi connectivity index (χ1n) is 5.92. The standard InChI is InChI=1S/C13H19N3O2/c1-3-9(2)15-13(17)11(12(14)16-18)10-7-5-4-6-8-10/h4-9,11,18H,3H2,1-2H3,(H2,14,16)(H,15,17). The largest absolute Gasteiger partial charge is 0.409 e. The predicted octanol–water partition coefficient (Wildman–Crippen LogP) is 1.43. The lowest BCUT2D eigenvalue weighted by molar-refractivity contribution is -0.121. The van der Waals surface area contributed by atoms with Gasteiger partial charge in [-0.15, -0.1) is 0 Å². The first-order valence-corrected chi connectivity index (χ1v) is 5.92. The van der Waals surface area contributed by atoms with Gasteiger partial charge in [0.25, 0.3) is 0 Å². The van der Waals surface area contributed by atoms with E-state index < -0.39 is 5.92 Å². The van der Waals surface area contributed by atoms with E-state index in [1.807, 2.05) is 32.0 Å². The second-order valence-electron chi connectivity index (χ2n) is 4.19. The molecule has 0 aliphatic carbocycles. The topological polar surface area (TPSA) is 87.7 Å².